The Morgan fingerprint density at radius 1 is 1.10 bits per heavy atom. The minimum Gasteiger partial charge on any atom is -0.366 e. The maximum Gasteiger partial charge on any atom is 0.433 e. The molecule has 10 heteroatoms. The van der Waals surface area contributed by atoms with Crippen LogP contribution in [0.1, 0.15) is 22.4 Å². The molecule has 4 aromatic rings. The van der Waals surface area contributed by atoms with Crippen LogP contribution in [0, 0.1) is 6.57 Å². The predicted molar refractivity (Wildman–Crippen MR) is 111 cm³/mol. The molecule has 4 heterocycles. The predicted octanol–water partition coefficient (Wildman–Crippen LogP) is 5.78. The third-order valence-corrected chi connectivity index (χ3v) is 4.95. The van der Waals surface area contributed by atoms with Gasteiger partial charge in [-0.2, -0.15) is 13.2 Å². The number of hydrogen-bond acceptors (Lipinski definition) is 4. The van der Waals surface area contributed by atoms with Gasteiger partial charge >= 0.3 is 6.18 Å². The van der Waals surface area contributed by atoms with Crippen LogP contribution >= 0.6 is 11.6 Å². The van der Waals surface area contributed by atoms with Crippen LogP contribution in [-0.4, -0.2) is 19.9 Å². The van der Waals surface area contributed by atoms with Gasteiger partial charge in [0.15, 0.2) is 0 Å². The molecule has 6 nitrogen and oxygen atoms in total. The van der Waals surface area contributed by atoms with Crippen molar-refractivity contribution in [3.63, 3.8) is 0 Å². The maximum absolute atomic E-state index is 12.6. The number of pyridine rings is 3. The highest BCUT2D eigenvalue weighted by Gasteiger charge is 2.31. The van der Waals surface area contributed by atoms with Gasteiger partial charge in [0.25, 0.3) is 0 Å². The third kappa shape index (κ3) is 4.59. The van der Waals surface area contributed by atoms with Gasteiger partial charge in [0.05, 0.1) is 6.57 Å². The number of halogens is 4. The van der Waals surface area contributed by atoms with Gasteiger partial charge in [0.2, 0.25) is 5.69 Å². The van der Waals surface area contributed by atoms with Crippen molar-refractivity contribution in [3.8, 4) is 0 Å². The summed E-state index contributed by atoms with van der Waals surface area (Å²) >= 11 is 6.35. The number of hydrogen-bond donors (Lipinski definition) is 2. The molecule has 0 aromatic carbocycles. The van der Waals surface area contributed by atoms with E-state index in [1.807, 2.05) is 12.3 Å². The van der Waals surface area contributed by atoms with Gasteiger partial charge in [-0.25, -0.2) is 9.83 Å². The highest BCUT2D eigenvalue weighted by Crippen LogP contribution is 2.28. The second-order valence-corrected chi connectivity index (χ2v) is 7.10. The minimum absolute atomic E-state index is 0.251. The van der Waals surface area contributed by atoms with Crippen LogP contribution in [0.15, 0.2) is 48.9 Å². The highest BCUT2D eigenvalue weighted by atomic mass is 35.5. The lowest BCUT2D eigenvalue weighted by Crippen LogP contribution is -2.09. The summed E-state index contributed by atoms with van der Waals surface area (Å²) in [5, 5.41) is 4.18. The standard InChI is InChI=1S/C21H14ClF3N6/c1-26-15-7-16-14(10-29-20(16)30-11-15)6-13-3-5-18(31-19(13)22)28-9-12-2-4-17(27-8-12)21(23,24)25/h2-5,7-8,10-11H,6,9H2,(H,28,31)(H,29,30). The quantitative estimate of drug-likeness (QED) is 0.303. The van der Waals surface area contributed by atoms with Crippen molar-refractivity contribution in [1.82, 2.24) is 19.9 Å². The molecule has 0 bridgehead atoms. The number of fused-ring (bicyclic) bond motifs is 1. The van der Waals surface area contributed by atoms with Gasteiger partial charge < -0.3 is 10.3 Å². The fourth-order valence-corrected chi connectivity index (χ4v) is 3.26. The molecule has 156 valence electrons. The van der Waals surface area contributed by atoms with E-state index in [4.69, 9.17) is 18.2 Å². The largest absolute Gasteiger partial charge is 0.433 e. The van der Waals surface area contributed by atoms with Crippen LogP contribution in [0.25, 0.3) is 15.9 Å². The Hall–Kier alpha value is -3.64. The molecule has 0 radical (unpaired) electrons. The number of aromatic nitrogens is 4. The fourth-order valence-electron chi connectivity index (χ4n) is 3.04. The molecule has 4 rings (SSSR count). The second-order valence-electron chi connectivity index (χ2n) is 6.74. The summed E-state index contributed by atoms with van der Waals surface area (Å²) in [5.74, 6) is 0.490. The number of nitrogens with zero attached hydrogens (tertiary/aromatic N) is 4. The topological polar surface area (TPSA) is 70.8 Å². The molecule has 0 aliphatic carbocycles. The van der Waals surface area contributed by atoms with Crippen molar-refractivity contribution in [2.75, 3.05) is 5.32 Å². The van der Waals surface area contributed by atoms with Crippen LogP contribution in [0.3, 0.4) is 0 Å². The highest BCUT2D eigenvalue weighted by molar-refractivity contribution is 6.30. The average Bonchev–Trinajstić information content (AvgIpc) is 3.15. The van der Waals surface area contributed by atoms with Crippen molar-refractivity contribution >= 4 is 34.1 Å². The van der Waals surface area contributed by atoms with Crippen LogP contribution in [0.2, 0.25) is 5.15 Å². The monoisotopic (exact) mass is 442 g/mol. The molecule has 0 unspecified atom stereocenters. The molecule has 0 spiro atoms. The third-order valence-electron chi connectivity index (χ3n) is 4.63. The Labute approximate surface area is 180 Å². The molecule has 0 aliphatic heterocycles. The van der Waals surface area contributed by atoms with Gasteiger partial charge in [0, 0.05) is 36.9 Å². The first kappa shape index (κ1) is 20.6. The number of rotatable bonds is 5. The van der Waals surface area contributed by atoms with Crippen LogP contribution in [0.4, 0.5) is 24.7 Å². The summed E-state index contributed by atoms with van der Waals surface area (Å²) in [6.07, 6.45) is 0.546. The van der Waals surface area contributed by atoms with Crippen LogP contribution in [-0.2, 0) is 19.1 Å². The lowest BCUT2D eigenvalue weighted by molar-refractivity contribution is -0.141. The summed E-state index contributed by atoms with van der Waals surface area (Å²) in [6, 6.07) is 7.65. The molecule has 0 saturated carbocycles. The Morgan fingerprint density at radius 2 is 1.94 bits per heavy atom. The molecular formula is C21H14ClF3N6. The van der Waals surface area contributed by atoms with Gasteiger partial charge in [-0.1, -0.05) is 23.7 Å². The molecule has 2 N–H and O–H groups in total. The van der Waals surface area contributed by atoms with E-state index in [1.54, 1.807) is 12.1 Å². The number of H-pyrrole nitrogens is 1. The van der Waals surface area contributed by atoms with E-state index in [0.29, 0.717) is 34.3 Å². The zero-order valence-electron chi connectivity index (χ0n) is 15.8. The number of alkyl halides is 3. The smallest absolute Gasteiger partial charge is 0.366 e. The summed E-state index contributed by atoms with van der Waals surface area (Å²) < 4.78 is 37.8. The van der Waals surface area contributed by atoms with E-state index in [1.165, 1.54) is 18.5 Å². The van der Waals surface area contributed by atoms with Crippen molar-refractivity contribution in [1.29, 1.82) is 0 Å². The molecule has 0 amide bonds. The second kappa shape index (κ2) is 8.24. The molecule has 4 aromatic heterocycles. The van der Waals surface area contributed by atoms with Gasteiger partial charge in [-0.3, -0.25) is 9.97 Å². The summed E-state index contributed by atoms with van der Waals surface area (Å²) in [4.78, 5) is 18.5. The molecular weight excluding hydrogens is 429 g/mol. The Balaban J connectivity index is 1.46. The minimum atomic E-state index is -4.46. The average molecular weight is 443 g/mol. The number of anilines is 1. The first-order chi connectivity index (χ1) is 14.8. The van der Waals surface area contributed by atoms with Crippen molar-refractivity contribution in [2.24, 2.45) is 0 Å². The van der Waals surface area contributed by atoms with Gasteiger partial charge in [-0.05, 0) is 34.9 Å². The molecule has 31 heavy (non-hydrogen) atoms. The lowest BCUT2D eigenvalue weighted by atomic mass is 10.1. The van der Waals surface area contributed by atoms with E-state index in [-0.39, 0.29) is 6.54 Å². The normalized spacial score (nSPS) is 11.5. The van der Waals surface area contributed by atoms with E-state index in [2.05, 4.69) is 30.1 Å². The maximum atomic E-state index is 12.6. The van der Waals surface area contributed by atoms with E-state index >= 15 is 0 Å². The van der Waals surface area contributed by atoms with Crippen molar-refractivity contribution in [3.05, 3.63) is 87.9 Å². The van der Waals surface area contributed by atoms with E-state index < -0.39 is 11.9 Å². The molecule has 0 aliphatic rings. The van der Waals surface area contributed by atoms with Gasteiger partial charge in [-0.15, -0.1) is 0 Å². The SMILES string of the molecule is [C-]#[N+]c1cnc2[nH]cc(Cc3ccc(NCc4ccc(C(F)(F)F)nc4)nc3Cl)c2c1. The molecule has 0 fully saturated rings. The first-order valence-electron chi connectivity index (χ1n) is 9.08. The lowest BCUT2D eigenvalue weighted by Gasteiger charge is -2.10. The first-order valence-corrected chi connectivity index (χ1v) is 9.46. The number of nitrogens with one attached hydrogen (secondary N) is 2. The Kier molecular flexibility index (Phi) is 5.48. The Morgan fingerprint density at radius 3 is 2.61 bits per heavy atom. The van der Waals surface area contributed by atoms with Crippen molar-refractivity contribution < 1.29 is 13.2 Å². The molecule has 0 atom stereocenters. The van der Waals surface area contributed by atoms with Gasteiger partial charge in [0.1, 0.15) is 22.3 Å². The molecule has 0 saturated heterocycles. The summed E-state index contributed by atoms with van der Waals surface area (Å²) in [6.45, 7) is 7.40. The fraction of sp³-hybridized carbons (Fsp3) is 0.143. The Bertz CT molecular complexity index is 1280. The number of aromatic amines is 1. The van der Waals surface area contributed by atoms with Crippen LogP contribution < -0.4 is 5.32 Å². The zero-order chi connectivity index (χ0) is 22.0. The summed E-state index contributed by atoms with van der Waals surface area (Å²) in [5.41, 5.74) is 2.52. The van der Waals surface area contributed by atoms with Crippen molar-refractivity contribution in [2.45, 2.75) is 19.1 Å². The van der Waals surface area contributed by atoms with E-state index in [9.17, 15) is 13.2 Å². The van der Waals surface area contributed by atoms with E-state index in [0.717, 1.165) is 22.6 Å². The summed E-state index contributed by atoms with van der Waals surface area (Å²) in [7, 11) is 0. The zero-order valence-corrected chi connectivity index (χ0v) is 16.6. The van der Waals surface area contributed by atoms with Crippen LogP contribution in [0.5, 0.6) is 0 Å².